The second kappa shape index (κ2) is 8.12. The van der Waals surface area contributed by atoms with Crippen LogP contribution < -0.4 is 5.32 Å². The average Bonchev–Trinajstić information content (AvgIpc) is 2.95. The van der Waals surface area contributed by atoms with Crippen LogP contribution in [0.25, 0.3) is 0 Å². The summed E-state index contributed by atoms with van der Waals surface area (Å²) in [6.07, 6.45) is 0.539. The molecule has 0 radical (unpaired) electrons. The van der Waals surface area contributed by atoms with E-state index in [-0.39, 0.29) is 16.5 Å². The summed E-state index contributed by atoms with van der Waals surface area (Å²) < 4.78 is 26.0. The molecule has 0 aromatic heterocycles. The van der Waals surface area contributed by atoms with Crippen LogP contribution in [0.4, 0.5) is 0 Å². The Morgan fingerprint density at radius 1 is 0.867 bits per heavy atom. The number of hydrogen-bond donors (Lipinski definition) is 1. The number of sulfonamides is 1. The van der Waals surface area contributed by atoms with Crippen LogP contribution in [0.3, 0.4) is 0 Å². The molecule has 6 nitrogen and oxygen atoms in total. The van der Waals surface area contributed by atoms with Crippen molar-refractivity contribution >= 4 is 21.8 Å². The Morgan fingerprint density at radius 2 is 1.47 bits per heavy atom. The van der Waals surface area contributed by atoms with E-state index < -0.39 is 28.4 Å². The van der Waals surface area contributed by atoms with Crippen molar-refractivity contribution in [1.29, 1.82) is 0 Å². The number of rotatable bonds is 6. The van der Waals surface area contributed by atoms with Crippen LogP contribution in [0.15, 0.2) is 89.8 Å². The number of fused-ring (bicyclic) bond motifs is 1. The molecule has 0 fully saturated rings. The Bertz CT molecular complexity index is 1180. The summed E-state index contributed by atoms with van der Waals surface area (Å²) in [5.74, 6) is -1.22. The van der Waals surface area contributed by atoms with Gasteiger partial charge in [-0.25, -0.2) is 12.7 Å². The quantitative estimate of drug-likeness (QED) is 0.665. The van der Waals surface area contributed by atoms with Gasteiger partial charge in [0, 0.05) is 0 Å². The molecule has 1 aliphatic rings. The van der Waals surface area contributed by atoms with Gasteiger partial charge < -0.3 is 5.32 Å². The monoisotopic (exact) mass is 420 g/mol. The van der Waals surface area contributed by atoms with Crippen LogP contribution in [-0.4, -0.2) is 31.1 Å². The van der Waals surface area contributed by atoms with E-state index in [0.717, 1.165) is 11.1 Å². The molecule has 0 aliphatic carbocycles. The number of carbonyl (C=O) groups excluding carboxylic acids is 2. The Kier molecular flexibility index (Phi) is 5.37. The Balaban J connectivity index is 1.54. The molecule has 0 unspecified atom stereocenters. The van der Waals surface area contributed by atoms with Crippen LogP contribution in [0.1, 0.15) is 27.5 Å². The lowest BCUT2D eigenvalue weighted by Crippen LogP contribution is -2.42. The Hall–Kier alpha value is -3.45. The molecule has 3 aromatic rings. The first-order valence-electron chi connectivity index (χ1n) is 9.51. The van der Waals surface area contributed by atoms with Gasteiger partial charge in [0.25, 0.3) is 15.9 Å². The Morgan fingerprint density at radius 3 is 2.13 bits per heavy atom. The molecule has 1 heterocycles. The van der Waals surface area contributed by atoms with Crippen molar-refractivity contribution in [2.24, 2.45) is 0 Å². The van der Waals surface area contributed by atoms with Crippen LogP contribution >= 0.6 is 0 Å². The van der Waals surface area contributed by atoms with E-state index in [1.165, 1.54) is 12.1 Å². The normalized spacial score (nSPS) is 15.5. The number of hydrogen-bond acceptors (Lipinski definition) is 4. The third-order valence-electron chi connectivity index (χ3n) is 5.02. The second-order valence-electron chi connectivity index (χ2n) is 7.03. The molecule has 1 atom stereocenters. The van der Waals surface area contributed by atoms with Crippen molar-refractivity contribution in [2.45, 2.75) is 17.4 Å². The number of carbonyl (C=O) groups is 2. The summed E-state index contributed by atoms with van der Waals surface area (Å²) in [5.41, 5.74) is 2.02. The molecule has 0 bridgehead atoms. The predicted molar refractivity (Wildman–Crippen MR) is 112 cm³/mol. The van der Waals surface area contributed by atoms with Crippen molar-refractivity contribution in [1.82, 2.24) is 9.62 Å². The van der Waals surface area contributed by atoms with E-state index >= 15 is 0 Å². The van der Waals surface area contributed by atoms with Gasteiger partial charge in [-0.05, 0) is 29.7 Å². The third kappa shape index (κ3) is 3.84. The molecule has 1 aliphatic heterocycles. The van der Waals surface area contributed by atoms with E-state index in [1.54, 1.807) is 12.1 Å². The summed E-state index contributed by atoms with van der Waals surface area (Å²) in [6, 6.07) is 24.8. The van der Waals surface area contributed by atoms with Crippen LogP contribution in [-0.2, 0) is 21.2 Å². The van der Waals surface area contributed by atoms with Gasteiger partial charge in [0.1, 0.15) is 11.4 Å². The number of benzene rings is 3. The molecule has 152 valence electrons. The highest BCUT2D eigenvalue weighted by Crippen LogP contribution is 2.29. The van der Waals surface area contributed by atoms with Crippen LogP contribution in [0, 0.1) is 0 Å². The van der Waals surface area contributed by atoms with Crippen molar-refractivity contribution in [2.75, 3.05) is 6.54 Å². The minimum atomic E-state index is -4.03. The zero-order valence-corrected chi connectivity index (χ0v) is 16.9. The lowest BCUT2D eigenvalue weighted by Gasteiger charge is -2.21. The minimum Gasteiger partial charge on any atom is -0.347 e. The van der Waals surface area contributed by atoms with Crippen molar-refractivity contribution in [3.8, 4) is 0 Å². The summed E-state index contributed by atoms with van der Waals surface area (Å²) in [4.78, 5) is 25.3. The SMILES string of the molecule is O=C(CN1C(=O)c2ccccc2S1(=O)=O)N[C@@H](Cc1ccccc1)c1ccccc1. The standard InChI is InChI=1S/C23H20N2O4S/c26-22(16-25-23(27)19-13-7-8-14-21(19)30(25,28)29)24-20(18-11-5-2-6-12-18)15-17-9-3-1-4-10-17/h1-14,20H,15-16H2,(H,24,26)/t20-/m0/s1. The van der Waals surface area contributed by atoms with Crippen LogP contribution in [0.2, 0.25) is 0 Å². The highest BCUT2D eigenvalue weighted by atomic mass is 32.2. The van der Waals surface area contributed by atoms with Gasteiger partial charge in [-0.1, -0.05) is 72.8 Å². The lowest BCUT2D eigenvalue weighted by molar-refractivity contribution is -0.121. The third-order valence-corrected chi connectivity index (χ3v) is 6.81. The first-order valence-corrected chi connectivity index (χ1v) is 10.9. The maximum absolute atomic E-state index is 12.8. The van der Waals surface area contributed by atoms with E-state index in [2.05, 4.69) is 5.32 Å². The minimum absolute atomic E-state index is 0.0632. The summed E-state index contributed by atoms with van der Waals surface area (Å²) >= 11 is 0. The maximum atomic E-state index is 12.8. The zero-order chi connectivity index (χ0) is 21.1. The van der Waals surface area contributed by atoms with E-state index in [1.807, 2.05) is 60.7 Å². The van der Waals surface area contributed by atoms with Gasteiger partial charge in [0.05, 0.1) is 11.6 Å². The van der Waals surface area contributed by atoms with Gasteiger partial charge in [-0.3, -0.25) is 9.59 Å². The van der Waals surface area contributed by atoms with Crippen molar-refractivity contribution in [3.63, 3.8) is 0 Å². The predicted octanol–water partition coefficient (Wildman–Crippen LogP) is 2.93. The van der Waals surface area contributed by atoms with Crippen molar-refractivity contribution in [3.05, 3.63) is 102 Å². The molecule has 2 amide bonds. The fourth-order valence-corrected chi connectivity index (χ4v) is 5.07. The molecule has 7 heteroatoms. The van der Waals surface area contributed by atoms with E-state index in [0.29, 0.717) is 10.7 Å². The van der Waals surface area contributed by atoms with Crippen molar-refractivity contribution < 1.29 is 18.0 Å². The summed E-state index contributed by atoms with van der Waals surface area (Å²) in [6.45, 7) is -0.562. The van der Waals surface area contributed by atoms with Gasteiger partial charge in [-0.2, -0.15) is 0 Å². The van der Waals surface area contributed by atoms with Gasteiger partial charge in [-0.15, -0.1) is 0 Å². The highest BCUT2D eigenvalue weighted by Gasteiger charge is 2.41. The first-order chi connectivity index (χ1) is 14.5. The zero-order valence-electron chi connectivity index (χ0n) is 16.1. The topological polar surface area (TPSA) is 83.6 Å². The molecule has 3 aromatic carbocycles. The molecular formula is C23H20N2O4S. The fraction of sp³-hybridized carbons (Fsp3) is 0.130. The van der Waals surface area contributed by atoms with E-state index in [9.17, 15) is 18.0 Å². The molecule has 0 spiro atoms. The molecule has 0 saturated carbocycles. The molecule has 30 heavy (non-hydrogen) atoms. The fourth-order valence-electron chi connectivity index (χ4n) is 3.55. The largest absolute Gasteiger partial charge is 0.347 e. The van der Waals surface area contributed by atoms with Gasteiger partial charge >= 0.3 is 0 Å². The summed E-state index contributed by atoms with van der Waals surface area (Å²) in [7, 11) is -4.03. The molecular weight excluding hydrogens is 400 g/mol. The lowest BCUT2D eigenvalue weighted by atomic mass is 9.99. The maximum Gasteiger partial charge on any atom is 0.269 e. The van der Waals surface area contributed by atoms with E-state index in [4.69, 9.17) is 0 Å². The number of nitrogens with one attached hydrogen (secondary N) is 1. The number of nitrogens with zero attached hydrogens (tertiary/aromatic N) is 1. The van der Waals surface area contributed by atoms with Gasteiger partial charge in [0.2, 0.25) is 5.91 Å². The summed E-state index contributed by atoms with van der Waals surface area (Å²) in [5, 5.41) is 2.90. The highest BCUT2D eigenvalue weighted by molar-refractivity contribution is 7.90. The second-order valence-corrected chi connectivity index (χ2v) is 8.86. The number of amides is 2. The van der Waals surface area contributed by atoms with Gasteiger partial charge in [0.15, 0.2) is 0 Å². The first kappa shape index (κ1) is 19.8. The molecule has 4 rings (SSSR count). The average molecular weight is 420 g/mol. The Labute approximate surface area is 175 Å². The van der Waals surface area contributed by atoms with Crippen LogP contribution in [0.5, 0.6) is 0 Å². The smallest absolute Gasteiger partial charge is 0.269 e. The molecule has 1 N–H and O–H groups in total. The molecule has 0 saturated heterocycles.